The SMILES string of the molecule is Cc1c(S(=O)(=O)Nc2ccc(Cl)c(Cl)c2)sc2ccc(Cl)cc12. The number of aryl methyl sites for hydroxylation is 1. The molecule has 0 radical (unpaired) electrons. The van der Waals surface area contributed by atoms with Crippen LogP contribution in [0.5, 0.6) is 0 Å². The maximum absolute atomic E-state index is 12.7. The summed E-state index contributed by atoms with van der Waals surface area (Å²) in [5, 5.41) is 2.05. The van der Waals surface area contributed by atoms with E-state index in [1.54, 1.807) is 31.2 Å². The molecular formula is C15H10Cl3NO2S2. The van der Waals surface area contributed by atoms with Gasteiger partial charge < -0.3 is 0 Å². The molecule has 0 aliphatic rings. The van der Waals surface area contributed by atoms with E-state index in [0.29, 0.717) is 21.3 Å². The molecule has 0 aliphatic carbocycles. The van der Waals surface area contributed by atoms with Crippen molar-refractivity contribution in [2.24, 2.45) is 0 Å². The third-order valence-corrected chi connectivity index (χ3v) is 7.52. The Morgan fingerprint density at radius 3 is 2.43 bits per heavy atom. The van der Waals surface area contributed by atoms with Crippen LogP contribution in [-0.2, 0) is 10.0 Å². The van der Waals surface area contributed by atoms with Gasteiger partial charge in [-0.05, 0) is 54.3 Å². The molecule has 0 spiro atoms. The molecule has 2 aromatic carbocycles. The van der Waals surface area contributed by atoms with Gasteiger partial charge in [-0.1, -0.05) is 34.8 Å². The van der Waals surface area contributed by atoms with Crippen molar-refractivity contribution in [3.05, 3.63) is 57.0 Å². The first kappa shape index (κ1) is 16.9. The molecule has 0 unspecified atom stereocenters. The molecule has 1 aromatic heterocycles. The van der Waals surface area contributed by atoms with E-state index < -0.39 is 10.0 Å². The molecule has 0 saturated carbocycles. The van der Waals surface area contributed by atoms with E-state index in [2.05, 4.69) is 4.72 Å². The lowest BCUT2D eigenvalue weighted by atomic mass is 10.2. The van der Waals surface area contributed by atoms with Crippen molar-refractivity contribution >= 4 is 71.9 Å². The minimum Gasteiger partial charge on any atom is -0.279 e. The van der Waals surface area contributed by atoms with E-state index >= 15 is 0 Å². The normalized spacial score (nSPS) is 11.8. The van der Waals surface area contributed by atoms with Crippen LogP contribution in [0.1, 0.15) is 5.56 Å². The number of nitrogens with one attached hydrogen (secondary N) is 1. The molecule has 3 rings (SSSR count). The summed E-state index contributed by atoms with van der Waals surface area (Å²) in [4.78, 5) is 0. The molecule has 0 bridgehead atoms. The number of sulfonamides is 1. The lowest BCUT2D eigenvalue weighted by molar-refractivity contribution is 0.603. The lowest BCUT2D eigenvalue weighted by Gasteiger charge is -2.08. The number of fused-ring (bicyclic) bond motifs is 1. The van der Waals surface area contributed by atoms with Crippen LogP contribution in [0.15, 0.2) is 40.6 Å². The Morgan fingerprint density at radius 2 is 1.74 bits per heavy atom. The number of rotatable bonds is 3. The highest BCUT2D eigenvalue weighted by Gasteiger charge is 2.22. The molecule has 23 heavy (non-hydrogen) atoms. The van der Waals surface area contributed by atoms with E-state index in [0.717, 1.165) is 10.1 Å². The van der Waals surface area contributed by atoms with E-state index in [1.807, 2.05) is 6.07 Å². The molecule has 0 atom stereocenters. The van der Waals surface area contributed by atoms with Crippen LogP contribution in [0.2, 0.25) is 15.1 Å². The Kier molecular flexibility index (Phi) is 4.51. The van der Waals surface area contributed by atoms with Gasteiger partial charge in [-0.15, -0.1) is 11.3 Å². The summed E-state index contributed by atoms with van der Waals surface area (Å²) in [7, 11) is -3.72. The Balaban J connectivity index is 2.05. The molecule has 0 aliphatic heterocycles. The Hall–Kier alpha value is -0.980. The average molecular weight is 407 g/mol. The van der Waals surface area contributed by atoms with Gasteiger partial charge in [-0.25, -0.2) is 8.42 Å². The molecule has 3 nitrogen and oxygen atoms in total. The first-order valence-corrected chi connectivity index (χ1v) is 9.88. The van der Waals surface area contributed by atoms with E-state index in [9.17, 15) is 8.42 Å². The van der Waals surface area contributed by atoms with Gasteiger partial charge in [0.2, 0.25) is 0 Å². The molecular weight excluding hydrogens is 397 g/mol. The van der Waals surface area contributed by atoms with Crippen molar-refractivity contribution in [2.75, 3.05) is 4.72 Å². The molecule has 1 N–H and O–H groups in total. The van der Waals surface area contributed by atoms with Gasteiger partial charge in [0.15, 0.2) is 0 Å². The van der Waals surface area contributed by atoms with Gasteiger partial charge >= 0.3 is 0 Å². The number of halogens is 3. The number of hydrogen-bond donors (Lipinski definition) is 1. The zero-order chi connectivity index (χ0) is 16.8. The summed E-state index contributed by atoms with van der Waals surface area (Å²) in [5.74, 6) is 0. The minimum atomic E-state index is -3.72. The fraction of sp³-hybridized carbons (Fsp3) is 0.0667. The van der Waals surface area contributed by atoms with Gasteiger partial charge in [0.25, 0.3) is 10.0 Å². The molecule has 0 fully saturated rings. The van der Waals surface area contributed by atoms with Crippen LogP contribution in [0.3, 0.4) is 0 Å². The first-order valence-electron chi connectivity index (χ1n) is 6.44. The summed E-state index contributed by atoms with van der Waals surface area (Å²) in [6, 6.07) is 9.89. The largest absolute Gasteiger partial charge is 0.279 e. The number of anilines is 1. The molecule has 120 valence electrons. The van der Waals surface area contributed by atoms with Gasteiger partial charge in [0.05, 0.1) is 15.7 Å². The maximum Gasteiger partial charge on any atom is 0.271 e. The predicted molar refractivity (Wildman–Crippen MR) is 98.8 cm³/mol. The van der Waals surface area contributed by atoms with Crippen molar-refractivity contribution in [1.29, 1.82) is 0 Å². The Bertz CT molecular complexity index is 1010. The molecule has 0 saturated heterocycles. The second-order valence-corrected chi connectivity index (χ2v) is 9.07. The first-order chi connectivity index (χ1) is 10.8. The van der Waals surface area contributed by atoms with Gasteiger partial charge in [0, 0.05) is 9.72 Å². The second-order valence-electron chi connectivity index (χ2n) is 4.89. The standard InChI is InChI=1S/C15H10Cl3NO2S2/c1-8-11-6-9(16)2-5-14(11)22-15(8)23(20,21)19-10-3-4-12(17)13(18)7-10/h2-7,19H,1H3. The smallest absolute Gasteiger partial charge is 0.271 e. The molecule has 0 amide bonds. The number of hydrogen-bond acceptors (Lipinski definition) is 3. The van der Waals surface area contributed by atoms with Crippen molar-refractivity contribution in [2.45, 2.75) is 11.1 Å². The predicted octanol–water partition coefficient (Wildman–Crippen LogP) is 5.97. The third kappa shape index (κ3) is 3.30. The fourth-order valence-electron chi connectivity index (χ4n) is 2.19. The van der Waals surface area contributed by atoms with Crippen molar-refractivity contribution in [1.82, 2.24) is 0 Å². The average Bonchev–Trinajstić information content (AvgIpc) is 2.80. The van der Waals surface area contributed by atoms with Crippen LogP contribution in [0.25, 0.3) is 10.1 Å². The monoisotopic (exact) mass is 405 g/mol. The highest BCUT2D eigenvalue weighted by atomic mass is 35.5. The van der Waals surface area contributed by atoms with Crippen LogP contribution >= 0.6 is 46.1 Å². The number of benzene rings is 2. The Morgan fingerprint density at radius 1 is 1.00 bits per heavy atom. The lowest BCUT2D eigenvalue weighted by Crippen LogP contribution is -2.12. The summed E-state index contributed by atoms with van der Waals surface area (Å²) in [5.41, 5.74) is 1.02. The van der Waals surface area contributed by atoms with Crippen molar-refractivity contribution in [3.8, 4) is 0 Å². The van der Waals surface area contributed by atoms with E-state index in [4.69, 9.17) is 34.8 Å². The maximum atomic E-state index is 12.7. The quantitative estimate of drug-likeness (QED) is 0.582. The Labute approximate surface area is 152 Å². The molecule has 3 aromatic rings. The highest BCUT2D eigenvalue weighted by Crippen LogP contribution is 2.36. The van der Waals surface area contributed by atoms with Crippen LogP contribution in [0.4, 0.5) is 5.69 Å². The van der Waals surface area contributed by atoms with E-state index in [-0.39, 0.29) is 9.23 Å². The van der Waals surface area contributed by atoms with Gasteiger partial charge in [0.1, 0.15) is 4.21 Å². The summed E-state index contributed by atoms with van der Waals surface area (Å²) in [6.45, 7) is 1.76. The fourth-order valence-corrected chi connectivity index (χ4v) is 5.46. The molecule has 1 heterocycles. The van der Waals surface area contributed by atoms with Crippen molar-refractivity contribution < 1.29 is 8.42 Å². The van der Waals surface area contributed by atoms with Crippen molar-refractivity contribution in [3.63, 3.8) is 0 Å². The second kappa shape index (κ2) is 6.15. The topological polar surface area (TPSA) is 46.2 Å². The third-order valence-electron chi connectivity index (χ3n) is 3.27. The van der Waals surface area contributed by atoms with Gasteiger partial charge in [-0.2, -0.15) is 0 Å². The van der Waals surface area contributed by atoms with Crippen LogP contribution < -0.4 is 4.72 Å². The van der Waals surface area contributed by atoms with Gasteiger partial charge in [-0.3, -0.25) is 4.72 Å². The highest BCUT2D eigenvalue weighted by molar-refractivity contribution is 7.94. The summed E-state index contributed by atoms with van der Waals surface area (Å²) < 4.78 is 29.0. The van der Waals surface area contributed by atoms with Crippen LogP contribution in [-0.4, -0.2) is 8.42 Å². The zero-order valence-corrected chi connectivity index (χ0v) is 15.6. The molecule has 8 heteroatoms. The van der Waals surface area contributed by atoms with Crippen LogP contribution in [0, 0.1) is 6.92 Å². The number of thiophene rings is 1. The minimum absolute atomic E-state index is 0.251. The van der Waals surface area contributed by atoms with E-state index in [1.165, 1.54) is 17.4 Å². The summed E-state index contributed by atoms with van der Waals surface area (Å²) >= 11 is 19.0. The zero-order valence-electron chi connectivity index (χ0n) is 11.7. The summed E-state index contributed by atoms with van der Waals surface area (Å²) in [6.07, 6.45) is 0.